The molecule has 2 unspecified atom stereocenters. The van der Waals surface area contributed by atoms with Crippen LogP contribution in [-0.2, 0) is 15.1 Å². The van der Waals surface area contributed by atoms with E-state index in [1.54, 1.807) is 19.1 Å². The van der Waals surface area contributed by atoms with Crippen LogP contribution in [0.4, 0.5) is 0 Å². The topological polar surface area (TPSA) is 112 Å². The zero-order valence-corrected chi connectivity index (χ0v) is 19.6. The van der Waals surface area contributed by atoms with Crippen molar-refractivity contribution in [2.45, 2.75) is 63.7 Å². The summed E-state index contributed by atoms with van der Waals surface area (Å²) >= 11 is 3.81. The Balaban J connectivity index is 2.88. The molecule has 0 radical (unpaired) electrons. The summed E-state index contributed by atoms with van der Waals surface area (Å²) in [6, 6.07) is 5.19. The molecule has 0 saturated heterocycles. The van der Waals surface area contributed by atoms with Crippen molar-refractivity contribution in [2.75, 3.05) is 6.61 Å². The molecule has 30 heavy (non-hydrogen) atoms. The lowest BCUT2D eigenvalue weighted by atomic mass is 9.85. The van der Waals surface area contributed by atoms with Crippen LogP contribution >= 0.6 is 15.9 Å². The van der Waals surface area contributed by atoms with Crippen molar-refractivity contribution in [1.82, 2.24) is 4.57 Å². The number of nitrogens with two attached hydrogens (primary N) is 1. The molecule has 2 aromatic rings. The third-order valence-corrected chi connectivity index (χ3v) is 6.62. The number of ether oxygens (including phenoxy) is 1. The van der Waals surface area contributed by atoms with E-state index in [0.29, 0.717) is 16.6 Å². The summed E-state index contributed by atoms with van der Waals surface area (Å²) < 4.78 is 7.39. The summed E-state index contributed by atoms with van der Waals surface area (Å²) in [6.45, 7) is 9.63. The van der Waals surface area contributed by atoms with E-state index in [0.717, 1.165) is 19.3 Å². The zero-order valence-electron chi connectivity index (χ0n) is 18.0. The molecule has 1 aromatic heterocycles. The molecule has 1 aromatic carbocycles. The normalized spacial score (nSPS) is 15.4. The van der Waals surface area contributed by atoms with E-state index in [4.69, 9.17) is 15.6 Å². The molecule has 164 valence electrons. The second kappa shape index (κ2) is 8.79. The van der Waals surface area contributed by atoms with E-state index in [9.17, 15) is 14.4 Å². The Kier molecular flexibility index (Phi) is 7.01. The van der Waals surface area contributed by atoms with Gasteiger partial charge in [0.2, 0.25) is 0 Å². The van der Waals surface area contributed by atoms with E-state index in [1.807, 2.05) is 6.07 Å². The van der Waals surface area contributed by atoms with Crippen LogP contribution in [0.1, 0.15) is 63.0 Å². The number of halogens is 1. The molecular weight excluding hydrogens is 452 g/mol. The smallest absolute Gasteiger partial charge is 0.341 e. The molecule has 0 saturated carbocycles. The van der Waals surface area contributed by atoms with E-state index in [-0.39, 0.29) is 15.6 Å². The lowest BCUT2D eigenvalue weighted by molar-refractivity contribution is -0.139. The molecule has 1 amide bonds. The number of primary amides is 1. The van der Waals surface area contributed by atoms with Gasteiger partial charge in [0.05, 0.1) is 16.5 Å². The van der Waals surface area contributed by atoms with Crippen LogP contribution < -0.4 is 10.5 Å². The fourth-order valence-corrected chi connectivity index (χ4v) is 4.67. The van der Waals surface area contributed by atoms with Crippen molar-refractivity contribution in [3.05, 3.63) is 29.5 Å². The molecule has 1 heterocycles. The van der Waals surface area contributed by atoms with Crippen molar-refractivity contribution >= 4 is 44.5 Å². The Morgan fingerprint density at radius 2 is 1.83 bits per heavy atom. The number of aliphatic carboxylic acids is 1. The fourth-order valence-electron chi connectivity index (χ4n) is 4.07. The minimum atomic E-state index is -1.14. The van der Waals surface area contributed by atoms with E-state index < -0.39 is 29.8 Å². The second-order valence-electron chi connectivity index (χ2n) is 8.12. The van der Waals surface area contributed by atoms with Crippen LogP contribution in [0.25, 0.3) is 10.9 Å². The molecule has 3 N–H and O–H groups in total. The van der Waals surface area contributed by atoms with Gasteiger partial charge in [-0.25, -0.2) is 4.79 Å². The quantitative estimate of drug-likeness (QED) is 0.301. The van der Waals surface area contributed by atoms with Gasteiger partial charge in [-0.15, -0.1) is 0 Å². The summed E-state index contributed by atoms with van der Waals surface area (Å²) in [6.07, 6.45) is 2.44. The van der Waals surface area contributed by atoms with Crippen LogP contribution in [-0.4, -0.2) is 38.3 Å². The van der Waals surface area contributed by atoms with Gasteiger partial charge < -0.3 is 20.1 Å². The van der Waals surface area contributed by atoms with Gasteiger partial charge in [0.25, 0.3) is 11.7 Å². The standard InChI is InChI=1S/C22H29BrN2O5/c1-6-21(4,23)12-22(5,7-2)25-13(3)17(19(28)20(24)29)18-14(25)9-8-10-15(18)30-11-16(26)27/h8-10H,6-7,11-12H2,1-5H3,(H2,24,29)(H,26,27). The number of hydrogen-bond donors (Lipinski definition) is 2. The van der Waals surface area contributed by atoms with Gasteiger partial charge in [-0.3, -0.25) is 9.59 Å². The maximum absolute atomic E-state index is 12.8. The number of alkyl halides is 1. The third kappa shape index (κ3) is 4.53. The maximum Gasteiger partial charge on any atom is 0.341 e. The molecule has 2 rings (SSSR count). The van der Waals surface area contributed by atoms with Crippen LogP contribution in [0.3, 0.4) is 0 Å². The number of carboxylic acids is 1. The van der Waals surface area contributed by atoms with Crippen LogP contribution in [0, 0.1) is 6.92 Å². The molecule has 2 atom stereocenters. The van der Waals surface area contributed by atoms with Crippen molar-refractivity contribution in [3.8, 4) is 5.75 Å². The number of carbonyl (C=O) groups is 3. The number of rotatable bonds is 10. The zero-order chi connectivity index (χ0) is 22.9. The molecule has 7 nitrogen and oxygen atoms in total. The first-order valence-corrected chi connectivity index (χ1v) is 10.7. The molecular formula is C22H29BrN2O5. The number of Topliss-reactive ketones (excluding diaryl/α,β-unsaturated/α-hetero) is 1. The van der Waals surface area contributed by atoms with E-state index in [2.05, 4.69) is 48.2 Å². The van der Waals surface area contributed by atoms with Gasteiger partial charge >= 0.3 is 5.97 Å². The van der Waals surface area contributed by atoms with Crippen molar-refractivity contribution < 1.29 is 24.2 Å². The van der Waals surface area contributed by atoms with Gasteiger partial charge in [-0.05, 0) is 52.2 Å². The van der Waals surface area contributed by atoms with Crippen molar-refractivity contribution in [2.24, 2.45) is 5.73 Å². The van der Waals surface area contributed by atoms with E-state index >= 15 is 0 Å². The number of fused-ring (bicyclic) bond motifs is 1. The summed E-state index contributed by atoms with van der Waals surface area (Å²) in [7, 11) is 0. The van der Waals surface area contributed by atoms with Crippen molar-refractivity contribution in [1.29, 1.82) is 0 Å². The first kappa shape index (κ1) is 23.9. The Morgan fingerprint density at radius 1 is 1.20 bits per heavy atom. The van der Waals surface area contributed by atoms with Crippen LogP contribution in [0.15, 0.2) is 18.2 Å². The number of benzene rings is 1. The number of carbonyl (C=O) groups excluding carboxylic acids is 2. The fraction of sp³-hybridized carbons (Fsp3) is 0.500. The maximum atomic E-state index is 12.8. The number of amides is 1. The van der Waals surface area contributed by atoms with Crippen molar-refractivity contribution in [3.63, 3.8) is 0 Å². The monoisotopic (exact) mass is 480 g/mol. The Morgan fingerprint density at radius 3 is 2.33 bits per heavy atom. The molecule has 8 heteroatoms. The predicted octanol–water partition coefficient (Wildman–Crippen LogP) is 4.16. The minimum absolute atomic E-state index is 0.133. The van der Waals surface area contributed by atoms with Gasteiger partial charge in [-0.2, -0.15) is 0 Å². The summed E-state index contributed by atoms with van der Waals surface area (Å²) in [5.74, 6) is -2.79. The molecule has 0 spiro atoms. The van der Waals surface area contributed by atoms with Gasteiger partial charge in [-0.1, -0.05) is 35.8 Å². The first-order valence-electron chi connectivity index (χ1n) is 9.90. The summed E-state index contributed by atoms with van der Waals surface area (Å²) in [5, 5.41) is 9.43. The average molecular weight is 481 g/mol. The Bertz CT molecular complexity index is 995. The number of ketones is 1. The lowest BCUT2D eigenvalue weighted by Crippen LogP contribution is -2.37. The second-order valence-corrected chi connectivity index (χ2v) is 10.0. The number of nitrogens with zero attached hydrogens (tertiary/aromatic N) is 1. The third-order valence-electron chi connectivity index (χ3n) is 5.78. The van der Waals surface area contributed by atoms with Gasteiger partial charge in [0.15, 0.2) is 6.61 Å². The van der Waals surface area contributed by atoms with Crippen LogP contribution in [0.2, 0.25) is 0 Å². The SMILES string of the molecule is CCC(C)(Br)CC(C)(CC)n1c(C)c(C(=O)C(N)=O)c2c(OCC(=O)O)cccc21. The molecule has 0 bridgehead atoms. The van der Waals surface area contributed by atoms with Gasteiger partial charge in [0, 0.05) is 15.6 Å². The average Bonchev–Trinajstić information content (AvgIpc) is 2.98. The summed E-state index contributed by atoms with van der Waals surface area (Å²) in [4.78, 5) is 35.6. The highest BCUT2D eigenvalue weighted by Gasteiger charge is 2.37. The molecule has 0 aliphatic rings. The first-order chi connectivity index (χ1) is 13.9. The summed E-state index contributed by atoms with van der Waals surface area (Å²) in [5.41, 5.74) is 6.40. The Hall–Kier alpha value is -2.35. The largest absolute Gasteiger partial charge is 0.481 e. The number of carboxylic acid groups (broad SMARTS) is 1. The highest BCUT2D eigenvalue weighted by atomic mass is 79.9. The minimum Gasteiger partial charge on any atom is -0.481 e. The van der Waals surface area contributed by atoms with E-state index in [1.165, 1.54) is 0 Å². The molecule has 0 aliphatic carbocycles. The molecule has 0 aliphatic heterocycles. The number of hydrogen-bond acceptors (Lipinski definition) is 4. The van der Waals surface area contributed by atoms with Crippen LogP contribution in [0.5, 0.6) is 5.75 Å². The highest BCUT2D eigenvalue weighted by molar-refractivity contribution is 9.10. The number of aromatic nitrogens is 1. The molecule has 0 fully saturated rings. The lowest BCUT2D eigenvalue weighted by Gasteiger charge is -2.38. The van der Waals surface area contributed by atoms with Gasteiger partial charge in [0.1, 0.15) is 5.75 Å². The Labute approximate surface area is 184 Å². The highest BCUT2D eigenvalue weighted by Crippen LogP contribution is 2.43. The predicted molar refractivity (Wildman–Crippen MR) is 120 cm³/mol.